The lowest BCUT2D eigenvalue weighted by Gasteiger charge is -2.01. The van der Waals surface area contributed by atoms with Crippen molar-refractivity contribution in [1.29, 1.82) is 0 Å². The predicted molar refractivity (Wildman–Crippen MR) is 58.5 cm³/mol. The fourth-order valence-electron chi connectivity index (χ4n) is 0.782. The van der Waals surface area contributed by atoms with Crippen molar-refractivity contribution in [2.24, 2.45) is 0 Å². The van der Waals surface area contributed by atoms with E-state index in [-0.39, 0.29) is 11.3 Å². The Kier molecular flexibility index (Phi) is 5.95. The number of methoxy groups -OCH3 is 1. The van der Waals surface area contributed by atoms with Crippen molar-refractivity contribution in [1.82, 2.24) is 0 Å². The van der Waals surface area contributed by atoms with Gasteiger partial charge in [0, 0.05) is 4.47 Å². The summed E-state index contributed by atoms with van der Waals surface area (Å²) in [5, 5.41) is 9.21. The zero-order valence-corrected chi connectivity index (χ0v) is 9.96. The zero-order chi connectivity index (χ0) is 11.1. The Balaban J connectivity index is 0.000000791. The van der Waals surface area contributed by atoms with E-state index in [1.54, 1.807) is 6.07 Å². The SMILES string of the molecule is CC.COC(=O)c1cc(Br)ccc1O. The molecule has 0 saturated heterocycles. The Hall–Kier alpha value is -1.03. The minimum atomic E-state index is -0.547. The molecule has 1 rings (SSSR count). The lowest BCUT2D eigenvalue weighted by Crippen LogP contribution is -2.01. The number of phenolic OH excluding ortho intramolecular Hbond substituents is 1. The molecule has 0 spiro atoms. The monoisotopic (exact) mass is 260 g/mol. The van der Waals surface area contributed by atoms with Crippen LogP contribution >= 0.6 is 15.9 Å². The number of carbonyl (C=O) groups is 1. The molecule has 0 amide bonds. The van der Waals surface area contributed by atoms with Gasteiger partial charge in [-0.05, 0) is 18.2 Å². The van der Waals surface area contributed by atoms with Gasteiger partial charge in [-0.25, -0.2) is 4.79 Å². The van der Waals surface area contributed by atoms with E-state index in [1.807, 2.05) is 13.8 Å². The van der Waals surface area contributed by atoms with Crippen LogP contribution in [0.25, 0.3) is 0 Å². The summed E-state index contributed by atoms with van der Waals surface area (Å²) in [4.78, 5) is 11.0. The van der Waals surface area contributed by atoms with Crippen molar-refractivity contribution in [3.63, 3.8) is 0 Å². The largest absolute Gasteiger partial charge is 0.507 e. The van der Waals surface area contributed by atoms with Gasteiger partial charge in [0.2, 0.25) is 0 Å². The first-order valence-electron chi connectivity index (χ1n) is 4.22. The molecular formula is C10H13BrO3. The predicted octanol–water partition coefficient (Wildman–Crippen LogP) is 2.97. The molecular weight excluding hydrogens is 248 g/mol. The summed E-state index contributed by atoms with van der Waals surface area (Å²) in [5.41, 5.74) is 0.159. The quantitative estimate of drug-likeness (QED) is 0.790. The first-order valence-corrected chi connectivity index (χ1v) is 5.01. The van der Waals surface area contributed by atoms with Gasteiger partial charge >= 0.3 is 5.97 Å². The highest BCUT2D eigenvalue weighted by molar-refractivity contribution is 9.10. The molecule has 0 aliphatic rings. The maximum absolute atomic E-state index is 11.0. The number of rotatable bonds is 1. The number of benzene rings is 1. The van der Waals surface area contributed by atoms with Gasteiger partial charge in [-0.15, -0.1) is 0 Å². The molecule has 0 aliphatic heterocycles. The van der Waals surface area contributed by atoms with Crippen LogP contribution < -0.4 is 0 Å². The molecule has 0 radical (unpaired) electrons. The first kappa shape index (κ1) is 13.0. The molecule has 1 aromatic carbocycles. The smallest absolute Gasteiger partial charge is 0.341 e. The van der Waals surface area contributed by atoms with Crippen LogP contribution in [-0.4, -0.2) is 18.2 Å². The highest BCUT2D eigenvalue weighted by atomic mass is 79.9. The standard InChI is InChI=1S/C8H7BrO3.C2H6/c1-12-8(11)6-4-5(9)2-3-7(6)10;1-2/h2-4,10H,1H3;1-2H3. The summed E-state index contributed by atoms with van der Waals surface area (Å²) in [6.07, 6.45) is 0. The summed E-state index contributed by atoms with van der Waals surface area (Å²) in [6.45, 7) is 4.00. The molecule has 78 valence electrons. The second-order valence-electron chi connectivity index (χ2n) is 2.15. The maximum Gasteiger partial charge on any atom is 0.341 e. The lowest BCUT2D eigenvalue weighted by molar-refractivity contribution is 0.0597. The topological polar surface area (TPSA) is 46.5 Å². The first-order chi connectivity index (χ1) is 6.65. The van der Waals surface area contributed by atoms with Crippen LogP contribution in [0, 0.1) is 0 Å². The molecule has 0 atom stereocenters. The van der Waals surface area contributed by atoms with E-state index in [9.17, 15) is 9.90 Å². The van der Waals surface area contributed by atoms with Gasteiger partial charge < -0.3 is 9.84 Å². The van der Waals surface area contributed by atoms with Crippen molar-refractivity contribution in [3.8, 4) is 5.75 Å². The third-order valence-electron chi connectivity index (χ3n) is 1.36. The van der Waals surface area contributed by atoms with Crippen LogP contribution in [0.3, 0.4) is 0 Å². The molecule has 1 N–H and O–H groups in total. The van der Waals surface area contributed by atoms with E-state index in [4.69, 9.17) is 0 Å². The van der Waals surface area contributed by atoms with Gasteiger partial charge in [0.25, 0.3) is 0 Å². The van der Waals surface area contributed by atoms with E-state index in [0.29, 0.717) is 0 Å². The molecule has 14 heavy (non-hydrogen) atoms. The molecule has 0 bridgehead atoms. The van der Waals surface area contributed by atoms with Crippen molar-refractivity contribution in [2.45, 2.75) is 13.8 Å². The fraction of sp³-hybridized carbons (Fsp3) is 0.300. The molecule has 0 aliphatic carbocycles. The second kappa shape index (κ2) is 6.43. The fourth-order valence-corrected chi connectivity index (χ4v) is 1.14. The van der Waals surface area contributed by atoms with Crippen LogP contribution in [0.4, 0.5) is 0 Å². The minimum absolute atomic E-state index is 0.0787. The van der Waals surface area contributed by atoms with Crippen LogP contribution in [-0.2, 0) is 4.74 Å². The highest BCUT2D eigenvalue weighted by Crippen LogP contribution is 2.22. The Labute approximate surface area is 91.8 Å². The van der Waals surface area contributed by atoms with E-state index in [0.717, 1.165) is 4.47 Å². The Bertz CT molecular complexity index is 310. The van der Waals surface area contributed by atoms with E-state index in [1.165, 1.54) is 19.2 Å². The average Bonchev–Trinajstić information content (AvgIpc) is 2.23. The van der Waals surface area contributed by atoms with E-state index >= 15 is 0 Å². The number of ether oxygens (including phenoxy) is 1. The third kappa shape index (κ3) is 3.38. The van der Waals surface area contributed by atoms with Crippen LogP contribution in [0.15, 0.2) is 22.7 Å². The molecule has 0 unspecified atom stereocenters. The lowest BCUT2D eigenvalue weighted by atomic mass is 10.2. The van der Waals surface area contributed by atoms with Gasteiger partial charge in [0.15, 0.2) is 0 Å². The maximum atomic E-state index is 11.0. The van der Waals surface area contributed by atoms with Crippen molar-refractivity contribution in [2.75, 3.05) is 7.11 Å². The van der Waals surface area contributed by atoms with Gasteiger partial charge in [0.1, 0.15) is 11.3 Å². The van der Waals surface area contributed by atoms with Crippen molar-refractivity contribution < 1.29 is 14.6 Å². The number of phenols is 1. The molecule has 0 saturated carbocycles. The molecule has 4 heteroatoms. The number of halogens is 1. The average molecular weight is 261 g/mol. The zero-order valence-electron chi connectivity index (χ0n) is 8.37. The van der Waals surface area contributed by atoms with Crippen molar-refractivity contribution in [3.05, 3.63) is 28.2 Å². The summed E-state index contributed by atoms with van der Waals surface area (Å²) >= 11 is 3.17. The van der Waals surface area contributed by atoms with E-state index in [2.05, 4.69) is 20.7 Å². The third-order valence-corrected chi connectivity index (χ3v) is 1.86. The number of hydrogen-bond donors (Lipinski definition) is 1. The normalized spacial score (nSPS) is 8.57. The summed E-state index contributed by atoms with van der Waals surface area (Å²) in [7, 11) is 1.27. The minimum Gasteiger partial charge on any atom is -0.507 e. The summed E-state index contributed by atoms with van der Waals surface area (Å²) < 4.78 is 5.18. The van der Waals surface area contributed by atoms with Gasteiger partial charge in [-0.3, -0.25) is 0 Å². The molecule has 1 aromatic rings. The van der Waals surface area contributed by atoms with Gasteiger partial charge in [0.05, 0.1) is 7.11 Å². The second-order valence-corrected chi connectivity index (χ2v) is 3.07. The van der Waals surface area contributed by atoms with Crippen molar-refractivity contribution >= 4 is 21.9 Å². The van der Waals surface area contributed by atoms with E-state index < -0.39 is 5.97 Å². The Morgan fingerprint density at radius 3 is 2.50 bits per heavy atom. The number of esters is 1. The highest BCUT2D eigenvalue weighted by Gasteiger charge is 2.10. The molecule has 3 nitrogen and oxygen atoms in total. The van der Waals surface area contributed by atoms with Gasteiger partial charge in [-0.2, -0.15) is 0 Å². The van der Waals surface area contributed by atoms with Gasteiger partial charge in [-0.1, -0.05) is 29.8 Å². The Morgan fingerprint density at radius 1 is 1.43 bits per heavy atom. The van der Waals surface area contributed by atoms with Crippen LogP contribution in [0.5, 0.6) is 5.75 Å². The van der Waals surface area contributed by atoms with Crippen LogP contribution in [0.2, 0.25) is 0 Å². The van der Waals surface area contributed by atoms with Crippen LogP contribution in [0.1, 0.15) is 24.2 Å². The summed E-state index contributed by atoms with van der Waals surface area (Å²) in [5.74, 6) is -0.626. The molecule has 0 heterocycles. The Morgan fingerprint density at radius 2 is 2.00 bits per heavy atom. The summed E-state index contributed by atoms with van der Waals surface area (Å²) in [6, 6.07) is 4.57. The molecule has 0 aromatic heterocycles. The molecule has 0 fully saturated rings. The number of carbonyl (C=O) groups excluding carboxylic acids is 1. The number of hydrogen-bond acceptors (Lipinski definition) is 3. The number of aromatic hydroxyl groups is 1.